The maximum absolute atomic E-state index is 9.66. The van der Waals surface area contributed by atoms with Crippen LogP contribution in [-0.2, 0) is 4.74 Å². The average molecular weight is 254 g/mol. The predicted octanol–water partition coefficient (Wildman–Crippen LogP) is 2.55. The largest absolute Gasteiger partial charge is 0.497 e. The van der Waals surface area contributed by atoms with Gasteiger partial charge in [0.1, 0.15) is 18.1 Å². The Balaban J connectivity index is 2.60. The van der Waals surface area contributed by atoms with Gasteiger partial charge in [-0.05, 0) is 25.5 Å². The highest BCUT2D eigenvalue weighted by atomic mass is 16.5. The fourth-order valence-corrected chi connectivity index (χ4v) is 1.57. The van der Waals surface area contributed by atoms with Crippen LogP contribution in [0.5, 0.6) is 11.5 Å². The van der Waals surface area contributed by atoms with Gasteiger partial charge < -0.3 is 19.3 Å². The Hall–Kier alpha value is -1.26. The lowest BCUT2D eigenvalue weighted by molar-refractivity contribution is 0.0985. The summed E-state index contributed by atoms with van der Waals surface area (Å²) in [5.74, 6) is 1.35. The van der Waals surface area contributed by atoms with E-state index in [0.717, 1.165) is 18.6 Å². The molecule has 1 N–H and O–H groups in total. The number of methoxy groups -OCH3 is 1. The van der Waals surface area contributed by atoms with Crippen LogP contribution in [-0.4, -0.2) is 32.0 Å². The highest BCUT2D eigenvalue weighted by Crippen LogP contribution is 2.29. The molecule has 4 heteroatoms. The molecule has 1 aromatic rings. The second-order valence-electron chi connectivity index (χ2n) is 4.04. The van der Waals surface area contributed by atoms with E-state index in [0.29, 0.717) is 24.7 Å². The molecule has 0 heterocycles. The van der Waals surface area contributed by atoms with E-state index in [9.17, 15) is 5.11 Å². The standard InChI is InChI=1S/C14H22O4/c1-4-7-17-8-9-18-14-10-12(16-3)5-6-13(14)11(2)15/h5-6,10-11,15H,4,7-9H2,1-3H3. The Bertz CT molecular complexity index is 350. The third kappa shape index (κ3) is 4.55. The molecular formula is C14H22O4. The van der Waals surface area contributed by atoms with Gasteiger partial charge >= 0.3 is 0 Å². The lowest BCUT2D eigenvalue weighted by Gasteiger charge is -2.14. The van der Waals surface area contributed by atoms with Gasteiger partial charge in [-0.2, -0.15) is 0 Å². The van der Waals surface area contributed by atoms with Crippen molar-refractivity contribution in [1.82, 2.24) is 0 Å². The Morgan fingerprint density at radius 2 is 2.00 bits per heavy atom. The smallest absolute Gasteiger partial charge is 0.128 e. The Morgan fingerprint density at radius 1 is 1.22 bits per heavy atom. The van der Waals surface area contributed by atoms with Crippen molar-refractivity contribution in [2.24, 2.45) is 0 Å². The molecule has 1 aromatic carbocycles. The average Bonchev–Trinajstić information content (AvgIpc) is 2.38. The van der Waals surface area contributed by atoms with Crippen LogP contribution >= 0.6 is 0 Å². The quantitative estimate of drug-likeness (QED) is 0.724. The van der Waals surface area contributed by atoms with Gasteiger partial charge in [0.2, 0.25) is 0 Å². The number of aliphatic hydroxyl groups is 1. The van der Waals surface area contributed by atoms with E-state index in [2.05, 4.69) is 6.92 Å². The van der Waals surface area contributed by atoms with Gasteiger partial charge in [-0.15, -0.1) is 0 Å². The minimum Gasteiger partial charge on any atom is -0.497 e. The normalized spacial score (nSPS) is 12.2. The first-order valence-corrected chi connectivity index (χ1v) is 6.25. The van der Waals surface area contributed by atoms with Crippen LogP contribution in [0.4, 0.5) is 0 Å². The first kappa shape index (κ1) is 14.8. The van der Waals surface area contributed by atoms with Crippen molar-refractivity contribution in [3.63, 3.8) is 0 Å². The van der Waals surface area contributed by atoms with Crippen LogP contribution in [0.3, 0.4) is 0 Å². The molecule has 102 valence electrons. The van der Waals surface area contributed by atoms with Gasteiger partial charge in [-0.3, -0.25) is 0 Å². The molecule has 0 aliphatic heterocycles. The zero-order chi connectivity index (χ0) is 13.4. The van der Waals surface area contributed by atoms with E-state index in [1.165, 1.54) is 0 Å². The van der Waals surface area contributed by atoms with Crippen LogP contribution in [0.25, 0.3) is 0 Å². The number of hydrogen-bond acceptors (Lipinski definition) is 4. The van der Waals surface area contributed by atoms with E-state index >= 15 is 0 Å². The highest BCUT2D eigenvalue weighted by molar-refractivity contribution is 5.41. The topological polar surface area (TPSA) is 47.9 Å². The monoisotopic (exact) mass is 254 g/mol. The highest BCUT2D eigenvalue weighted by Gasteiger charge is 2.10. The summed E-state index contributed by atoms with van der Waals surface area (Å²) in [6.45, 7) is 5.53. The second-order valence-corrected chi connectivity index (χ2v) is 4.04. The van der Waals surface area contributed by atoms with E-state index < -0.39 is 6.10 Å². The van der Waals surface area contributed by atoms with E-state index in [1.807, 2.05) is 12.1 Å². The molecule has 0 fully saturated rings. The fourth-order valence-electron chi connectivity index (χ4n) is 1.57. The van der Waals surface area contributed by atoms with Gasteiger partial charge in [0, 0.05) is 18.2 Å². The number of benzene rings is 1. The molecule has 18 heavy (non-hydrogen) atoms. The van der Waals surface area contributed by atoms with Gasteiger partial charge in [0.25, 0.3) is 0 Å². The van der Waals surface area contributed by atoms with Crippen molar-refractivity contribution < 1.29 is 19.3 Å². The molecule has 1 unspecified atom stereocenters. The minimum atomic E-state index is -0.567. The fraction of sp³-hybridized carbons (Fsp3) is 0.571. The van der Waals surface area contributed by atoms with Gasteiger partial charge in [0.05, 0.1) is 19.8 Å². The van der Waals surface area contributed by atoms with Crippen LogP contribution in [0, 0.1) is 0 Å². The first-order chi connectivity index (χ1) is 8.69. The molecule has 0 spiro atoms. The van der Waals surface area contributed by atoms with Crippen molar-refractivity contribution in [3.8, 4) is 11.5 Å². The summed E-state index contributed by atoms with van der Waals surface area (Å²) in [5, 5.41) is 9.66. The lowest BCUT2D eigenvalue weighted by atomic mass is 10.1. The van der Waals surface area contributed by atoms with Crippen LogP contribution in [0.1, 0.15) is 31.9 Å². The molecule has 0 aromatic heterocycles. The number of aliphatic hydroxyl groups excluding tert-OH is 1. The van der Waals surface area contributed by atoms with Crippen molar-refractivity contribution in [1.29, 1.82) is 0 Å². The predicted molar refractivity (Wildman–Crippen MR) is 70.2 cm³/mol. The molecule has 0 amide bonds. The number of ether oxygens (including phenoxy) is 3. The summed E-state index contributed by atoms with van der Waals surface area (Å²) in [7, 11) is 1.60. The third-order valence-electron chi connectivity index (χ3n) is 2.50. The Labute approximate surface area is 108 Å². The minimum absolute atomic E-state index is 0.465. The zero-order valence-corrected chi connectivity index (χ0v) is 11.3. The molecular weight excluding hydrogens is 232 g/mol. The molecule has 0 aliphatic rings. The van der Waals surface area contributed by atoms with E-state index in [4.69, 9.17) is 14.2 Å². The summed E-state index contributed by atoms with van der Waals surface area (Å²) < 4.78 is 16.1. The molecule has 1 rings (SSSR count). The number of hydrogen-bond donors (Lipinski definition) is 1. The van der Waals surface area contributed by atoms with Gasteiger partial charge in [-0.1, -0.05) is 6.92 Å². The van der Waals surface area contributed by atoms with Gasteiger partial charge in [-0.25, -0.2) is 0 Å². The summed E-state index contributed by atoms with van der Waals surface area (Å²) >= 11 is 0. The lowest BCUT2D eigenvalue weighted by Crippen LogP contribution is -2.09. The van der Waals surface area contributed by atoms with Crippen molar-refractivity contribution in [2.45, 2.75) is 26.4 Å². The molecule has 0 radical (unpaired) electrons. The Morgan fingerprint density at radius 3 is 2.61 bits per heavy atom. The summed E-state index contributed by atoms with van der Waals surface area (Å²) in [6, 6.07) is 5.40. The second kappa shape index (κ2) is 7.95. The molecule has 4 nitrogen and oxygen atoms in total. The Kier molecular flexibility index (Phi) is 6.54. The summed E-state index contributed by atoms with van der Waals surface area (Å²) in [5.41, 5.74) is 0.756. The van der Waals surface area contributed by atoms with Crippen LogP contribution < -0.4 is 9.47 Å². The molecule has 0 aliphatic carbocycles. The zero-order valence-electron chi connectivity index (χ0n) is 11.3. The third-order valence-corrected chi connectivity index (χ3v) is 2.50. The van der Waals surface area contributed by atoms with E-state index in [1.54, 1.807) is 20.1 Å². The van der Waals surface area contributed by atoms with Crippen molar-refractivity contribution in [3.05, 3.63) is 23.8 Å². The SMILES string of the molecule is CCCOCCOc1cc(OC)ccc1C(C)O. The number of rotatable bonds is 8. The molecule has 0 saturated heterocycles. The molecule has 0 bridgehead atoms. The van der Waals surface area contributed by atoms with Gasteiger partial charge in [0.15, 0.2) is 0 Å². The first-order valence-electron chi connectivity index (χ1n) is 6.25. The van der Waals surface area contributed by atoms with E-state index in [-0.39, 0.29) is 0 Å². The summed E-state index contributed by atoms with van der Waals surface area (Å²) in [6.07, 6.45) is 0.431. The van der Waals surface area contributed by atoms with Crippen LogP contribution in [0.15, 0.2) is 18.2 Å². The maximum Gasteiger partial charge on any atom is 0.128 e. The van der Waals surface area contributed by atoms with Crippen molar-refractivity contribution >= 4 is 0 Å². The maximum atomic E-state index is 9.66. The molecule has 1 atom stereocenters. The van der Waals surface area contributed by atoms with Crippen molar-refractivity contribution in [2.75, 3.05) is 26.9 Å². The van der Waals surface area contributed by atoms with Crippen LogP contribution in [0.2, 0.25) is 0 Å². The molecule has 0 saturated carbocycles. The summed E-state index contributed by atoms with van der Waals surface area (Å²) in [4.78, 5) is 0.